The molecule has 1 heterocycles. The maximum absolute atomic E-state index is 11.9. The molecule has 0 spiro atoms. The van der Waals surface area contributed by atoms with E-state index in [1.807, 2.05) is 19.4 Å². The standard InChI is InChI=1S/C15H17N3O3/c1-18-10-11(9-17-18)3-2-8-16-14(19)12-4-6-13(7-5-12)15(20)21/h4-7,9-10H,2-3,8H2,1H3,(H,16,19)(H,20,21). The fraction of sp³-hybridized carbons (Fsp3) is 0.267. The average Bonchev–Trinajstić information content (AvgIpc) is 2.89. The van der Waals surface area contributed by atoms with Crippen molar-refractivity contribution in [2.24, 2.45) is 7.05 Å². The molecule has 2 aromatic rings. The minimum absolute atomic E-state index is 0.170. The van der Waals surface area contributed by atoms with E-state index in [1.165, 1.54) is 24.3 Å². The summed E-state index contributed by atoms with van der Waals surface area (Å²) in [6, 6.07) is 5.87. The average molecular weight is 287 g/mol. The fourth-order valence-corrected chi connectivity index (χ4v) is 1.96. The molecule has 21 heavy (non-hydrogen) atoms. The third kappa shape index (κ3) is 4.17. The van der Waals surface area contributed by atoms with E-state index in [1.54, 1.807) is 4.68 Å². The van der Waals surface area contributed by atoms with Crippen LogP contribution in [0.2, 0.25) is 0 Å². The molecule has 6 nitrogen and oxygen atoms in total. The first kappa shape index (κ1) is 14.8. The van der Waals surface area contributed by atoms with E-state index < -0.39 is 5.97 Å². The van der Waals surface area contributed by atoms with Crippen LogP contribution in [0.3, 0.4) is 0 Å². The molecule has 0 radical (unpaired) electrons. The minimum Gasteiger partial charge on any atom is -0.478 e. The van der Waals surface area contributed by atoms with Crippen LogP contribution in [0.25, 0.3) is 0 Å². The number of carbonyl (C=O) groups is 2. The second-order valence-electron chi connectivity index (χ2n) is 4.76. The highest BCUT2D eigenvalue weighted by Crippen LogP contribution is 2.05. The highest BCUT2D eigenvalue weighted by atomic mass is 16.4. The first-order chi connectivity index (χ1) is 10.1. The van der Waals surface area contributed by atoms with Crippen LogP contribution in [0.4, 0.5) is 0 Å². The summed E-state index contributed by atoms with van der Waals surface area (Å²) in [6.07, 6.45) is 5.44. The number of aromatic carboxylic acids is 1. The zero-order valence-electron chi connectivity index (χ0n) is 11.7. The first-order valence-electron chi connectivity index (χ1n) is 6.65. The molecule has 0 fully saturated rings. The molecule has 0 bridgehead atoms. The van der Waals surface area contributed by atoms with Crippen LogP contribution < -0.4 is 5.32 Å². The van der Waals surface area contributed by atoms with Crippen molar-refractivity contribution in [2.45, 2.75) is 12.8 Å². The van der Waals surface area contributed by atoms with Crippen LogP contribution >= 0.6 is 0 Å². The van der Waals surface area contributed by atoms with Crippen molar-refractivity contribution in [2.75, 3.05) is 6.54 Å². The van der Waals surface area contributed by atoms with E-state index in [4.69, 9.17) is 5.11 Å². The summed E-state index contributed by atoms with van der Waals surface area (Å²) in [6.45, 7) is 0.564. The van der Waals surface area contributed by atoms with Crippen LogP contribution in [0, 0.1) is 0 Å². The summed E-state index contributed by atoms with van der Waals surface area (Å²) in [7, 11) is 1.87. The van der Waals surface area contributed by atoms with Crippen molar-refractivity contribution < 1.29 is 14.7 Å². The maximum Gasteiger partial charge on any atom is 0.335 e. The number of hydrogen-bond acceptors (Lipinski definition) is 3. The van der Waals surface area contributed by atoms with Crippen LogP contribution in [0.15, 0.2) is 36.7 Å². The van der Waals surface area contributed by atoms with E-state index in [0.717, 1.165) is 18.4 Å². The lowest BCUT2D eigenvalue weighted by Gasteiger charge is -2.05. The predicted octanol–water partition coefficient (Wildman–Crippen LogP) is 1.48. The lowest BCUT2D eigenvalue weighted by atomic mass is 10.1. The Hall–Kier alpha value is -2.63. The van der Waals surface area contributed by atoms with E-state index in [9.17, 15) is 9.59 Å². The number of carboxylic acids is 1. The smallest absolute Gasteiger partial charge is 0.335 e. The molecule has 0 unspecified atom stereocenters. The summed E-state index contributed by atoms with van der Waals surface area (Å²) >= 11 is 0. The molecule has 0 aliphatic rings. The van der Waals surface area contributed by atoms with Crippen molar-refractivity contribution in [3.05, 3.63) is 53.3 Å². The normalized spacial score (nSPS) is 10.3. The molecule has 0 aliphatic heterocycles. The quantitative estimate of drug-likeness (QED) is 0.788. The van der Waals surface area contributed by atoms with Gasteiger partial charge in [-0.15, -0.1) is 0 Å². The predicted molar refractivity (Wildman–Crippen MR) is 77.3 cm³/mol. The molecule has 110 valence electrons. The van der Waals surface area contributed by atoms with Gasteiger partial charge < -0.3 is 10.4 Å². The largest absolute Gasteiger partial charge is 0.478 e. The Labute approximate surface area is 122 Å². The topological polar surface area (TPSA) is 84.2 Å². The van der Waals surface area contributed by atoms with Gasteiger partial charge in [0.1, 0.15) is 0 Å². The zero-order chi connectivity index (χ0) is 15.2. The van der Waals surface area contributed by atoms with E-state index in [-0.39, 0.29) is 11.5 Å². The Morgan fingerprint density at radius 1 is 1.24 bits per heavy atom. The molecular weight excluding hydrogens is 270 g/mol. The van der Waals surface area contributed by atoms with E-state index in [0.29, 0.717) is 12.1 Å². The van der Waals surface area contributed by atoms with Gasteiger partial charge in [0.2, 0.25) is 0 Å². The Balaban J connectivity index is 1.77. The molecule has 1 aromatic heterocycles. The second kappa shape index (κ2) is 6.69. The molecule has 2 rings (SSSR count). The van der Waals surface area contributed by atoms with Crippen molar-refractivity contribution in [1.29, 1.82) is 0 Å². The van der Waals surface area contributed by atoms with Gasteiger partial charge in [-0.25, -0.2) is 4.79 Å². The van der Waals surface area contributed by atoms with Gasteiger partial charge in [-0.3, -0.25) is 9.48 Å². The van der Waals surface area contributed by atoms with Crippen molar-refractivity contribution >= 4 is 11.9 Å². The fourth-order valence-electron chi connectivity index (χ4n) is 1.96. The summed E-state index contributed by atoms with van der Waals surface area (Å²) in [4.78, 5) is 22.6. The van der Waals surface area contributed by atoms with Crippen LogP contribution in [-0.2, 0) is 13.5 Å². The number of rotatable bonds is 6. The third-order valence-electron chi connectivity index (χ3n) is 3.08. The number of hydrogen-bond donors (Lipinski definition) is 2. The summed E-state index contributed by atoms with van der Waals surface area (Å²) in [5.41, 5.74) is 1.77. The minimum atomic E-state index is -1.00. The molecule has 2 N–H and O–H groups in total. The Morgan fingerprint density at radius 3 is 2.48 bits per heavy atom. The number of aromatic nitrogens is 2. The van der Waals surface area contributed by atoms with Crippen molar-refractivity contribution in [3.63, 3.8) is 0 Å². The lowest BCUT2D eigenvalue weighted by Crippen LogP contribution is -2.24. The van der Waals surface area contributed by atoms with Crippen molar-refractivity contribution in [1.82, 2.24) is 15.1 Å². The molecular formula is C15H17N3O3. The third-order valence-corrected chi connectivity index (χ3v) is 3.08. The second-order valence-corrected chi connectivity index (χ2v) is 4.76. The molecule has 0 saturated carbocycles. The lowest BCUT2D eigenvalue weighted by molar-refractivity contribution is 0.0696. The molecule has 0 saturated heterocycles. The Kier molecular flexibility index (Phi) is 4.71. The molecule has 1 amide bonds. The molecule has 6 heteroatoms. The van der Waals surface area contributed by atoms with E-state index >= 15 is 0 Å². The number of carboxylic acid groups (broad SMARTS) is 1. The maximum atomic E-state index is 11.9. The highest BCUT2D eigenvalue weighted by Gasteiger charge is 2.07. The molecule has 1 aromatic carbocycles. The van der Waals surface area contributed by atoms with Gasteiger partial charge in [0.25, 0.3) is 5.91 Å². The number of nitrogens with zero attached hydrogens (tertiary/aromatic N) is 2. The first-order valence-corrected chi connectivity index (χ1v) is 6.65. The van der Waals surface area contributed by atoms with Gasteiger partial charge in [-0.2, -0.15) is 5.10 Å². The van der Waals surface area contributed by atoms with Crippen molar-refractivity contribution in [3.8, 4) is 0 Å². The number of carbonyl (C=O) groups excluding carboxylic acids is 1. The van der Waals surface area contributed by atoms with Crippen LogP contribution in [0.1, 0.15) is 32.7 Å². The number of benzene rings is 1. The number of nitrogens with one attached hydrogen (secondary N) is 1. The molecule has 0 atom stereocenters. The number of amides is 1. The highest BCUT2D eigenvalue weighted by molar-refractivity contribution is 5.95. The van der Waals surface area contributed by atoms with Gasteiger partial charge in [-0.05, 0) is 42.7 Å². The van der Waals surface area contributed by atoms with Gasteiger partial charge >= 0.3 is 5.97 Å². The zero-order valence-corrected chi connectivity index (χ0v) is 11.7. The van der Waals surface area contributed by atoms with Crippen LogP contribution in [-0.4, -0.2) is 33.3 Å². The summed E-state index contributed by atoms with van der Waals surface area (Å²) < 4.78 is 1.75. The van der Waals surface area contributed by atoms with Gasteiger partial charge in [0, 0.05) is 25.4 Å². The van der Waals surface area contributed by atoms with E-state index in [2.05, 4.69) is 10.4 Å². The monoisotopic (exact) mass is 287 g/mol. The number of aryl methyl sites for hydroxylation is 2. The van der Waals surface area contributed by atoms with Gasteiger partial charge in [0.05, 0.1) is 11.8 Å². The van der Waals surface area contributed by atoms with Crippen LogP contribution in [0.5, 0.6) is 0 Å². The Morgan fingerprint density at radius 2 is 1.90 bits per heavy atom. The van der Waals surface area contributed by atoms with Gasteiger partial charge in [-0.1, -0.05) is 0 Å². The Bertz CT molecular complexity index is 632. The summed E-state index contributed by atoms with van der Waals surface area (Å²) in [5.74, 6) is -1.20. The SMILES string of the molecule is Cn1cc(CCCNC(=O)c2ccc(C(=O)O)cc2)cn1. The summed E-state index contributed by atoms with van der Waals surface area (Å²) in [5, 5.41) is 15.7. The van der Waals surface area contributed by atoms with Gasteiger partial charge in [0.15, 0.2) is 0 Å². The molecule has 0 aliphatic carbocycles.